The number of hydrogen-bond donors (Lipinski definition) is 13. The molecule has 0 spiro atoms. The highest BCUT2D eigenvalue weighted by molar-refractivity contribution is 7.14. The van der Waals surface area contributed by atoms with E-state index in [1.807, 2.05) is 165 Å². The van der Waals surface area contributed by atoms with Crippen molar-refractivity contribution in [3.8, 4) is 11.5 Å². The van der Waals surface area contributed by atoms with Gasteiger partial charge in [-0.05, 0) is 159 Å². The largest absolute Gasteiger partial charge is 0.497 e. The Labute approximate surface area is 433 Å². The zero-order chi connectivity index (χ0) is 51.4. The maximum absolute atomic E-state index is 7.54. The predicted octanol–water partition coefficient (Wildman–Crippen LogP) is 3.44. The van der Waals surface area contributed by atoms with Gasteiger partial charge in [0.15, 0.2) is 10.0 Å². The van der Waals surface area contributed by atoms with Crippen molar-refractivity contribution < 1.29 is 45.0 Å². The summed E-state index contributed by atoms with van der Waals surface area (Å²) in [5, 5.41) is 38.7. The second-order valence-electron chi connectivity index (χ2n) is 15.7. The van der Waals surface area contributed by atoms with E-state index in [-0.39, 0.29) is 0 Å². The van der Waals surface area contributed by atoms with Crippen LogP contribution in [0.1, 0.15) is 64.2 Å². The van der Waals surface area contributed by atoms with Crippen LogP contribution in [-0.2, 0) is 0 Å². The van der Waals surface area contributed by atoms with Crippen molar-refractivity contribution in [1.29, 1.82) is 0 Å². The molecular weight excluding hydrogens is 945 g/mol. The second-order valence-corrected chi connectivity index (χ2v) is 17.5. The molecule has 0 saturated heterocycles. The fraction of sp³-hybridized carbons (Fsp3) is 0.296. The number of rotatable bonds is 16. The van der Waals surface area contributed by atoms with E-state index in [0.29, 0.717) is 0 Å². The summed E-state index contributed by atoms with van der Waals surface area (Å²) in [6.07, 6.45) is 24.0. The van der Waals surface area contributed by atoms with E-state index in [2.05, 4.69) is 57.9 Å². The predicted molar refractivity (Wildman–Crippen MR) is 300 cm³/mol. The highest BCUT2D eigenvalue weighted by Gasteiger charge is 2.16. The maximum Gasteiger partial charge on any atom is 0.298 e. The molecule has 6 aromatic rings. The van der Waals surface area contributed by atoms with Crippen molar-refractivity contribution in [1.82, 2.24) is 16.1 Å². The molecule has 2 fully saturated rings. The number of ether oxygens (including phenoxy) is 2. The summed E-state index contributed by atoms with van der Waals surface area (Å²) in [6, 6.07) is 44.8. The van der Waals surface area contributed by atoms with Crippen molar-refractivity contribution in [2.75, 3.05) is 44.3 Å². The molecule has 2 aliphatic carbocycles. The van der Waals surface area contributed by atoms with Gasteiger partial charge in [-0.2, -0.15) is 0 Å². The number of hydrogen-bond acceptors (Lipinski definition) is 7. The van der Waals surface area contributed by atoms with Crippen molar-refractivity contribution in [3.05, 3.63) is 144 Å². The summed E-state index contributed by atoms with van der Waals surface area (Å²) in [5.41, 5.74) is 5.49. The number of para-hydroxylation sites is 2. The minimum Gasteiger partial charge on any atom is -0.497 e. The number of benzene rings is 4. The number of aliphatic imine (C=N–C) groups is 1. The molecule has 8 rings (SSSR count). The average Bonchev–Trinajstić information content (AvgIpc) is 4.18. The number of anilines is 3. The van der Waals surface area contributed by atoms with Gasteiger partial charge in [-0.15, -0.1) is 28.2 Å². The molecule has 13 N–H and O–H groups in total. The first-order valence-electron chi connectivity index (χ1n) is 24.0. The Bertz CT molecular complexity index is 2330. The summed E-state index contributed by atoms with van der Waals surface area (Å²) in [7, 11) is 6.99. The molecule has 4 aromatic carbocycles. The van der Waals surface area contributed by atoms with Crippen LogP contribution in [0.4, 0.5) is 32.8 Å². The molecule has 2 saturated carbocycles. The van der Waals surface area contributed by atoms with E-state index in [4.69, 9.17) is 19.9 Å². The Balaban J connectivity index is 0.000000240. The molecule has 18 heteroatoms. The van der Waals surface area contributed by atoms with E-state index < -0.39 is 0 Å². The SMILES string of the molecule is C(=Nc1ccccc1)Nc1ccccc1.C(NC1CCCCC1)=[NH+]C1CCCCC1.C(Nc1cccs1)=[NH+]c1cccs1.CNC=[NH+]C.COc1ccc(NC=[NH+]c2ccc(OC)cc2)cc1.ONC=[NH+]O. The van der Waals surface area contributed by atoms with Gasteiger partial charge in [-0.25, -0.2) is 30.8 Å². The fourth-order valence-corrected chi connectivity index (χ4v) is 7.88. The summed E-state index contributed by atoms with van der Waals surface area (Å²) in [6.45, 7) is 0. The molecule has 0 atom stereocenters. The lowest BCUT2D eigenvalue weighted by Crippen LogP contribution is -2.78. The normalized spacial score (nSPS) is 13.5. The molecule has 2 aromatic heterocycles. The van der Waals surface area contributed by atoms with Gasteiger partial charge < -0.3 is 20.0 Å². The van der Waals surface area contributed by atoms with Crippen LogP contribution in [0, 0.1) is 0 Å². The van der Waals surface area contributed by atoms with Crippen molar-refractivity contribution >= 4 is 93.5 Å². The highest BCUT2D eigenvalue weighted by atomic mass is 32.1. The van der Waals surface area contributed by atoms with Crippen LogP contribution in [0.5, 0.6) is 11.5 Å². The maximum atomic E-state index is 7.54. The van der Waals surface area contributed by atoms with Gasteiger partial charge in [-0.3, -0.25) is 20.6 Å². The summed E-state index contributed by atoms with van der Waals surface area (Å²) in [4.78, 5) is 16.9. The minimum absolute atomic E-state index is 0.745. The standard InChI is InChI=1S/C15H16N2O2.C13H24N2.C13H12N2.C9H8N2S2.C3H8N2.CH4N2O2/c1-18-14-7-3-12(4-8-14)16-11-17-13-5-9-15(19-2)10-6-13;2*1-3-7-12(8-4-1)14-11-15-13-9-5-2-6-10-13;1-3-8(12-5-1)10-7-11-9-4-2-6-13-9;1-4-3-5-2;4-2-1-3-5/h3-11H,1-2H3,(H,16,17);11-13H,1-10H2,(H,14,15);1-11H,(H,14,15);1-7H,(H,10,11);3H,1-2H3,(H,4,5);1,4-5H,(H,2,3)/p+5. The van der Waals surface area contributed by atoms with Crippen LogP contribution in [0.15, 0.2) is 149 Å². The highest BCUT2D eigenvalue weighted by Crippen LogP contribution is 2.18. The van der Waals surface area contributed by atoms with Crippen molar-refractivity contribution in [3.63, 3.8) is 0 Å². The zero-order valence-corrected chi connectivity index (χ0v) is 43.7. The van der Waals surface area contributed by atoms with E-state index >= 15 is 0 Å². The van der Waals surface area contributed by atoms with Gasteiger partial charge in [0.1, 0.15) is 22.9 Å². The first-order valence-corrected chi connectivity index (χ1v) is 25.8. The fourth-order valence-electron chi connectivity index (χ4n) is 6.70. The number of hydroxylamine groups is 1. The Kier molecular flexibility index (Phi) is 32.8. The Morgan fingerprint density at radius 3 is 1.74 bits per heavy atom. The van der Waals surface area contributed by atoms with Gasteiger partial charge in [0.2, 0.25) is 25.4 Å². The van der Waals surface area contributed by atoms with Gasteiger partial charge >= 0.3 is 0 Å². The molecule has 0 unspecified atom stereocenters. The smallest absolute Gasteiger partial charge is 0.298 e. The van der Waals surface area contributed by atoms with Crippen molar-refractivity contribution in [2.24, 2.45) is 4.99 Å². The van der Waals surface area contributed by atoms with Crippen LogP contribution in [0.2, 0.25) is 0 Å². The Hall–Kier alpha value is -7.54. The lowest BCUT2D eigenvalue weighted by Gasteiger charge is -2.18. The molecule has 0 radical (unpaired) electrons. The van der Waals surface area contributed by atoms with E-state index in [1.165, 1.54) is 74.8 Å². The quantitative estimate of drug-likeness (QED) is 0.0294. The van der Waals surface area contributed by atoms with Crippen LogP contribution in [0.3, 0.4) is 0 Å². The van der Waals surface area contributed by atoms with E-state index in [9.17, 15) is 0 Å². The molecule has 16 nitrogen and oxygen atoms in total. The Morgan fingerprint density at radius 2 is 1.19 bits per heavy atom. The Morgan fingerprint density at radius 1 is 0.597 bits per heavy atom. The second kappa shape index (κ2) is 40.2. The molecular formula is C54H77N12O4S2+5. The lowest BCUT2D eigenvalue weighted by molar-refractivity contribution is -0.735. The number of methoxy groups -OCH3 is 2. The molecule has 0 aliphatic heterocycles. The molecule has 2 aliphatic rings. The molecule has 0 bridgehead atoms. The zero-order valence-electron chi connectivity index (χ0n) is 42.0. The monoisotopic (exact) mass is 1020 g/mol. The van der Waals surface area contributed by atoms with E-state index in [1.54, 1.807) is 55.9 Å². The number of nitrogens with zero attached hydrogens (tertiary/aromatic N) is 1. The number of nitrogens with one attached hydrogen (secondary N) is 11. The van der Waals surface area contributed by atoms with Crippen LogP contribution in [0.25, 0.3) is 0 Å². The summed E-state index contributed by atoms with van der Waals surface area (Å²) < 4.78 is 10.2. The summed E-state index contributed by atoms with van der Waals surface area (Å²) in [5.74, 6) is 1.68. The van der Waals surface area contributed by atoms with Crippen LogP contribution >= 0.6 is 22.7 Å². The van der Waals surface area contributed by atoms with Gasteiger partial charge in [0, 0.05) is 5.69 Å². The van der Waals surface area contributed by atoms with Crippen molar-refractivity contribution in [2.45, 2.75) is 76.3 Å². The van der Waals surface area contributed by atoms with E-state index in [0.717, 1.165) is 62.7 Å². The third kappa shape index (κ3) is 28.8. The molecule has 72 heavy (non-hydrogen) atoms. The van der Waals surface area contributed by atoms with Crippen LogP contribution in [-0.4, -0.2) is 88.8 Å². The first kappa shape index (κ1) is 58.8. The third-order valence-electron chi connectivity index (χ3n) is 10.4. The number of thiophene rings is 2. The third-order valence-corrected chi connectivity index (χ3v) is 12.0. The van der Waals surface area contributed by atoms with Crippen LogP contribution < -0.4 is 66.7 Å². The molecule has 0 amide bonds. The molecule has 2 heterocycles. The lowest BCUT2D eigenvalue weighted by atomic mass is 9.95. The molecule has 384 valence electrons. The minimum atomic E-state index is 0.745. The topological polar surface area (TPSA) is 213 Å². The van der Waals surface area contributed by atoms with Gasteiger partial charge in [-0.1, -0.05) is 54.4 Å². The average molecular weight is 1020 g/mol. The van der Waals surface area contributed by atoms with Gasteiger partial charge in [0.05, 0.1) is 52.4 Å². The first-order chi connectivity index (χ1) is 35.5. The van der Waals surface area contributed by atoms with Gasteiger partial charge in [0.25, 0.3) is 6.34 Å². The summed E-state index contributed by atoms with van der Waals surface area (Å²) >= 11 is 3.36.